The average molecular weight is 451 g/mol. The molecular weight excluding hydrogens is 429 g/mol. The molecule has 0 aliphatic carbocycles. The summed E-state index contributed by atoms with van der Waals surface area (Å²) in [6, 6.07) is 8.90. The average Bonchev–Trinajstić information content (AvgIpc) is 2.72. The van der Waals surface area contributed by atoms with Gasteiger partial charge in [-0.1, -0.05) is 11.6 Å². The number of nitrogens with one attached hydrogen (secondary N) is 2. The lowest BCUT2D eigenvalue weighted by molar-refractivity contribution is -0.137. The number of aromatic nitrogens is 3. The molecule has 0 aliphatic rings. The third kappa shape index (κ3) is 6.53. The Hall–Kier alpha value is -2.91. The largest absolute Gasteiger partial charge is 0.417 e. The molecular formula is C21H22ClF3N6. The molecule has 0 bridgehead atoms. The van der Waals surface area contributed by atoms with Crippen molar-refractivity contribution < 1.29 is 13.2 Å². The molecule has 0 radical (unpaired) electrons. The van der Waals surface area contributed by atoms with Gasteiger partial charge < -0.3 is 15.5 Å². The molecule has 164 valence electrons. The number of hydrogen-bond acceptors (Lipinski definition) is 6. The summed E-state index contributed by atoms with van der Waals surface area (Å²) >= 11 is 5.71. The van der Waals surface area contributed by atoms with Crippen LogP contribution >= 0.6 is 11.6 Å². The van der Waals surface area contributed by atoms with Crippen molar-refractivity contribution in [3.63, 3.8) is 0 Å². The van der Waals surface area contributed by atoms with E-state index in [1.54, 1.807) is 30.6 Å². The van der Waals surface area contributed by atoms with E-state index in [-0.39, 0.29) is 10.7 Å². The summed E-state index contributed by atoms with van der Waals surface area (Å²) < 4.78 is 39.6. The molecule has 10 heteroatoms. The minimum atomic E-state index is -4.55. The van der Waals surface area contributed by atoms with Crippen LogP contribution in [0.5, 0.6) is 0 Å². The van der Waals surface area contributed by atoms with Gasteiger partial charge in [0.1, 0.15) is 5.82 Å². The number of benzene rings is 1. The summed E-state index contributed by atoms with van der Waals surface area (Å²) in [5.74, 6) is 0.730. The second-order valence-corrected chi connectivity index (χ2v) is 7.51. The Kier molecular flexibility index (Phi) is 7.29. The maximum Gasteiger partial charge on any atom is 0.417 e. The first kappa shape index (κ1) is 22.8. The number of anilines is 3. The molecule has 31 heavy (non-hydrogen) atoms. The Morgan fingerprint density at radius 1 is 1.03 bits per heavy atom. The van der Waals surface area contributed by atoms with Crippen LogP contribution in [-0.4, -0.2) is 47.0 Å². The lowest BCUT2D eigenvalue weighted by Crippen LogP contribution is -2.17. The lowest BCUT2D eigenvalue weighted by atomic mass is 10.1. The zero-order valence-corrected chi connectivity index (χ0v) is 17.8. The first-order valence-corrected chi connectivity index (χ1v) is 9.92. The molecule has 2 aromatic heterocycles. The third-order valence-electron chi connectivity index (χ3n) is 4.31. The maximum atomic E-state index is 13.2. The van der Waals surface area contributed by atoms with Crippen LogP contribution in [0.3, 0.4) is 0 Å². The van der Waals surface area contributed by atoms with Gasteiger partial charge in [-0.15, -0.1) is 0 Å². The van der Waals surface area contributed by atoms with Crippen LogP contribution in [0.15, 0.2) is 48.8 Å². The number of rotatable bonds is 8. The van der Waals surface area contributed by atoms with Gasteiger partial charge >= 0.3 is 6.18 Å². The Bertz CT molecular complexity index is 1010. The number of nitrogens with zero attached hydrogens (tertiary/aromatic N) is 4. The van der Waals surface area contributed by atoms with Crippen LogP contribution in [0.4, 0.5) is 30.6 Å². The highest BCUT2D eigenvalue weighted by atomic mass is 35.5. The fourth-order valence-electron chi connectivity index (χ4n) is 2.82. The molecule has 0 saturated carbocycles. The smallest absolute Gasteiger partial charge is 0.354 e. The van der Waals surface area contributed by atoms with Gasteiger partial charge in [-0.05, 0) is 57.4 Å². The minimum Gasteiger partial charge on any atom is -0.354 e. The van der Waals surface area contributed by atoms with Crippen LogP contribution in [0.25, 0.3) is 11.3 Å². The van der Waals surface area contributed by atoms with Crippen LogP contribution in [0.2, 0.25) is 5.02 Å². The van der Waals surface area contributed by atoms with Crippen LogP contribution < -0.4 is 10.6 Å². The van der Waals surface area contributed by atoms with Crippen LogP contribution in [-0.2, 0) is 6.18 Å². The molecule has 1 aromatic carbocycles. The van der Waals surface area contributed by atoms with Gasteiger partial charge in [0.15, 0.2) is 0 Å². The molecule has 0 saturated heterocycles. The normalized spacial score (nSPS) is 11.6. The first-order valence-electron chi connectivity index (χ1n) is 9.54. The van der Waals surface area contributed by atoms with E-state index in [1.165, 1.54) is 12.1 Å². The monoisotopic (exact) mass is 450 g/mol. The van der Waals surface area contributed by atoms with Gasteiger partial charge in [0.2, 0.25) is 5.95 Å². The molecule has 0 aliphatic heterocycles. The Labute approximate surface area is 183 Å². The number of pyridine rings is 1. The standard InChI is InChI=1S/C21H22ClF3N6/c1-31(2)11-3-8-27-20-29-18(14-6-9-26-10-7-14)13-19(30-20)28-15-4-5-17(22)16(12-15)21(23,24)25/h4-7,9-10,12-13H,3,8,11H2,1-2H3,(H2,27,28,29,30). The minimum absolute atomic E-state index is 0.217. The lowest BCUT2D eigenvalue weighted by Gasteiger charge is -2.14. The molecule has 3 rings (SSSR count). The highest BCUT2D eigenvalue weighted by Gasteiger charge is 2.33. The Morgan fingerprint density at radius 2 is 1.77 bits per heavy atom. The third-order valence-corrected chi connectivity index (χ3v) is 4.64. The van der Waals surface area contributed by atoms with Crippen LogP contribution in [0.1, 0.15) is 12.0 Å². The van der Waals surface area contributed by atoms with Gasteiger partial charge in [0.25, 0.3) is 0 Å². The summed E-state index contributed by atoms with van der Waals surface area (Å²) in [4.78, 5) is 15.0. The molecule has 0 fully saturated rings. The van der Waals surface area contributed by atoms with E-state index >= 15 is 0 Å². The summed E-state index contributed by atoms with van der Waals surface area (Å²) in [5.41, 5.74) is 0.725. The Balaban J connectivity index is 1.89. The second-order valence-electron chi connectivity index (χ2n) is 7.10. The predicted octanol–water partition coefficient (Wildman–Crippen LogP) is 5.32. The maximum absolute atomic E-state index is 13.2. The van der Waals surface area contributed by atoms with Crippen molar-refractivity contribution >= 4 is 29.1 Å². The zero-order valence-electron chi connectivity index (χ0n) is 17.0. The highest BCUT2D eigenvalue weighted by molar-refractivity contribution is 6.31. The van der Waals surface area contributed by atoms with Crippen LogP contribution in [0, 0.1) is 0 Å². The van der Waals surface area contributed by atoms with Crippen molar-refractivity contribution in [3.05, 3.63) is 59.4 Å². The highest BCUT2D eigenvalue weighted by Crippen LogP contribution is 2.36. The van der Waals surface area contributed by atoms with E-state index in [2.05, 4.69) is 30.5 Å². The van der Waals surface area contributed by atoms with Gasteiger partial charge in [-0.2, -0.15) is 18.2 Å². The summed E-state index contributed by atoms with van der Waals surface area (Å²) in [6.07, 6.45) is -0.389. The molecule has 3 aromatic rings. The van der Waals surface area contributed by atoms with E-state index in [0.717, 1.165) is 24.6 Å². The predicted molar refractivity (Wildman–Crippen MR) is 117 cm³/mol. The van der Waals surface area contributed by atoms with Gasteiger partial charge in [0.05, 0.1) is 16.3 Å². The fourth-order valence-corrected chi connectivity index (χ4v) is 3.05. The topological polar surface area (TPSA) is 66.0 Å². The van der Waals surface area contributed by atoms with Crippen molar-refractivity contribution in [2.45, 2.75) is 12.6 Å². The summed E-state index contributed by atoms with van der Waals surface area (Å²) in [5, 5.41) is 5.74. The van der Waals surface area contributed by atoms with E-state index in [9.17, 15) is 13.2 Å². The zero-order chi connectivity index (χ0) is 22.4. The number of halogens is 4. The molecule has 0 amide bonds. The molecule has 0 spiro atoms. The molecule has 6 nitrogen and oxygen atoms in total. The van der Waals surface area contributed by atoms with E-state index in [4.69, 9.17) is 11.6 Å². The molecule has 2 N–H and O–H groups in total. The van der Waals surface area contributed by atoms with Crippen molar-refractivity contribution in [1.29, 1.82) is 0 Å². The molecule has 0 atom stereocenters. The SMILES string of the molecule is CN(C)CCCNc1nc(Nc2ccc(Cl)c(C(F)(F)F)c2)cc(-c2ccncc2)n1. The summed E-state index contributed by atoms with van der Waals surface area (Å²) in [6.45, 7) is 1.55. The van der Waals surface area contributed by atoms with Gasteiger partial charge in [-0.25, -0.2) is 4.98 Å². The Morgan fingerprint density at radius 3 is 2.45 bits per heavy atom. The quantitative estimate of drug-likeness (QED) is 0.453. The van der Waals surface area contributed by atoms with Crippen molar-refractivity contribution in [2.24, 2.45) is 0 Å². The molecule has 0 unspecified atom stereocenters. The fraction of sp³-hybridized carbons (Fsp3) is 0.286. The van der Waals surface area contributed by atoms with Crippen molar-refractivity contribution in [2.75, 3.05) is 37.8 Å². The van der Waals surface area contributed by atoms with Crippen molar-refractivity contribution in [1.82, 2.24) is 19.9 Å². The van der Waals surface area contributed by atoms with Gasteiger partial charge in [0, 0.05) is 36.3 Å². The first-order chi connectivity index (χ1) is 14.7. The number of hydrogen-bond donors (Lipinski definition) is 2. The van der Waals surface area contributed by atoms with E-state index < -0.39 is 11.7 Å². The summed E-state index contributed by atoms with van der Waals surface area (Å²) in [7, 11) is 3.98. The molecule has 2 heterocycles. The second kappa shape index (κ2) is 9.93. The van der Waals surface area contributed by atoms with Crippen molar-refractivity contribution in [3.8, 4) is 11.3 Å². The number of alkyl halides is 3. The van der Waals surface area contributed by atoms with E-state index in [1.807, 2.05) is 14.1 Å². The van der Waals surface area contributed by atoms with Gasteiger partial charge in [-0.3, -0.25) is 4.98 Å². The van der Waals surface area contributed by atoms with E-state index in [0.29, 0.717) is 24.0 Å².